The molecule has 11 heteroatoms. The van der Waals surface area contributed by atoms with Gasteiger partial charge in [0.2, 0.25) is 0 Å². The van der Waals surface area contributed by atoms with Gasteiger partial charge in [-0.2, -0.15) is 0 Å². The van der Waals surface area contributed by atoms with Gasteiger partial charge in [-0.15, -0.1) is 0 Å². The third kappa shape index (κ3) is 25.6. The number of hydrogen-bond acceptors (Lipinski definition) is 1. The van der Waals surface area contributed by atoms with Crippen molar-refractivity contribution in [1.29, 1.82) is 0 Å². The molecule has 0 aliphatic rings. The fourth-order valence-corrected chi connectivity index (χ4v) is 0.551. The molecule has 0 amide bonds. The Kier molecular flexibility index (Phi) is 17.4. The van der Waals surface area contributed by atoms with Gasteiger partial charge in [-0.3, -0.25) is 25.9 Å². The van der Waals surface area contributed by atoms with E-state index in [1.165, 1.54) is 0 Å². The first-order valence-corrected chi connectivity index (χ1v) is 4.05. The van der Waals surface area contributed by atoms with Crippen molar-refractivity contribution in [2.75, 3.05) is 0 Å². The first kappa shape index (κ1) is 21.8. The van der Waals surface area contributed by atoms with Crippen LogP contribution in [0.5, 0.6) is 0 Å². The Labute approximate surface area is 108 Å². The summed E-state index contributed by atoms with van der Waals surface area (Å²) < 4.78 is 58.0. The Hall–Kier alpha value is -0.483. The molecule has 0 atom stereocenters. The average Bonchev–Trinajstić information content (AvgIpc) is 2.52. The minimum Gasteiger partial charge on any atom is -0.446 e. The Morgan fingerprint density at radius 3 is 1.53 bits per heavy atom. The van der Waals surface area contributed by atoms with Crippen LogP contribution in [0.2, 0.25) is 0 Å². The third-order valence-electron chi connectivity index (χ3n) is 0.997. The minimum atomic E-state index is -3.67. The van der Waals surface area contributed by atoms with Gasteiger partial charge >= 0.3 is 33.9 Å². The van der Waals surface area contributed by atoms with Gasteiger partial charge in [0.25, 0.3) is 0 Å². The topological polar surface area (TPSA) is 27.0 Å². The maximum atomic E-state index is 9.67. The van der Waals surface area contributed by atoms with E-state index in [4.69, 9.17) is 0 Å². The summed E-state index contributed by atoms with van der Waals surface area (Å²) in [4.78, 5) is 8.01. The molecular weight excluding hydrogens is 243 g/mol. The summed E-state index contributed by atoms with van der Waals surface area (Å²) >= 11 is 0. The molecule has 0 saturated carbocycles. The van der Waals surface area contributed by atoms with Crippen molar-refractivity contribution >= 4 is 15.1 Å². The fourth-order valence-electron chi connectivity index (χ4n) is 0.551. The van der Waals surface area contributed by atoms with Crippen LogP contribution < -0.4 is 23.8 Å². The predicted molar refractivity (Wildman–Crippen MR) is 49.8 cm³/mol. The van der Waals surface area contributed by atoms with Gasteiger partial charge in [-0.1, -0.05) is 32.1 Å². The summed E-state index contributed by atoms with van der Waals surface area (Å²) in [7, 11) is -7.33. The third-order valence-corrected chi connectivity index (χ3v) is 0.997. The normalized spacial score (nSPS) is 8.06. The average molecular weight is 252 g/mol. The monoisotopic (exact) mass is 252 g/mol. The van der Waals surface area contributed by atoms with E-state index in [0.717, 1.165) is 5.82 Å². The second kappa shape index (κ2) is 13.6. The molecule has 0 aromatic carbocycles. The van der Waals surface area contributed by atoms with Crippen LogP contribution in [0.3, 0.4) is 0 Å². The molecule has 1 aromatic heterocycles. The standard InChI is InChI=1S/C6H9N2.2BF3.Li/c1-5(2)6-7-3-4-8-6;2*2-1(3)4;/h3-5H,1-2H3;;;/q-1;;;+1. The Balaban J connectivity index is -0.000000189. The number of rotatable bonds is 1. The molecule has 0 spiro atoms. The molecule has 1 heterocycles. The number of nitrogens with zero attached hydrogens (tertiary/aromatic N) is 2. The van der Waals surface area contributed by atoms with E-state index in [2.05, 4.69) is 23.8 Å². The number of aromatic nitrogens is 2. The van der Waals surface area contributed by atoms with Crippen molar-refractivity contribution in [1.82, 2.24) is 9.97 Å². The first-order chi connectivity index (χ1) is 7.27. The van der Waals surface area contributed by atoms with E-state index in [-0.39, 0.29) is 18.9 Å². The molecule has 0 radical (unpaired) electrons. The summed E-state index contributed by atoms with van der Waals surface area (Å²) in [5.74, 6) is 1.40. The molecule has 2 nitrogen and oxygen atoms in total. The van der Waals surface area contributed by atoms with Crippen LogP contribution in [0, 0.1) is 0 Å². The van der Waals surface area contributed by atoms with Crippen LogP contribution in [0.25, 0.3) is 0 Å². The van der Waals surface area contributed by atoms with Gasteiger partial charge in [-0.25, -0.2) is 0 Å². The van der Waals surface area contributed by atoms with Crippen LogP contribution in [0.15, 0.2) is 12.4 Å². The summed E-state index contributed by atoms with van der Waals surface area (Å²) in [6.45, 7) is 4.16. The molecule has 0 bridgehead atoms. The maximum Gasteiger partial charge on any atom is 1.00 e. The summed E-state index contributed by atoms with van der Waals surface area (Å²) in [5.41, 5.74) is 0. The van der Waals surface area contributed by atoms with E-state index in [0.29, 0.717) is 5.92 Å². The van der Waals surface area contributed by atoms with Gasteiger partial charge in [-0.05, 0) is 5.92 Å². The van der Waals surface area contributed by atoms with Gasteiger partial charge < -0.3 is 9.97 Å². The molecule has 0 saturated heterocycles. The first-order valence-electron chi connectivity index (χ1n) is 4.05. The van der Waals surface area contributed by atoms with Crippen LogP contribution in [-0.4, -0.2) is 20.1 Å². The second-order valence-corrected chi connectivity index (χ2v) is 2.56. The van der Waals surface area contributed by atoms with Crippen molar-refractivity contribution in [2.45, 2.75) is 19.8 Å². The van der Waals surface area contributed by atoms with E-state index in [1.807, 2.05) is 0 Å². The molecule has 0 fully saturated rings. The minimum absolute atomic E-state index is 0. The van der Waals surface area contributed by atoms with Crippen molar-refractivity contribution in [2.24, 2.45) is 0 Å². The van der Waals surface area contributed by atoms with Crippen LogP contribution in [0.1, 0.15) is 25.6 Å². The van der Waals surface area contributed by atoms with Crippen LogP contribution in [0.4, 0.5) is 25.9 Å². The molecule has 0 aliphatic carbocycles. The molecular formula is C6H9B2F6LiN2. The predicted octanol–water partition coefficient (Wildman–Crippen LogP) is -0.0742. The van der Waals surface area contributed by atoms with E-state index >= 15 is 0 Å². The second-order valence-electron chi connectivity index (χ2n) is 2.56. The van der Waals surface area contributed by atoms with Crippen molar-refractivity contribution in [3.63, 3.8) is 0 Å². The Morgan fingerprint density at radius 1 is 1.06 bits per heavy atom. The Bertz CT molecular complexity index is 225. The van der Waals surface area contributed by atoms with Crippen molar-refractivity contribution < 1.29 is 44.8 Å². The number of hydrogen-bond donors (Lipinski definition) is 0. The molecule has 0 unspecified atom stereocenters. The SMILES string of the molecule is CC(C)c1ncc[n-]1.FB(F)F.FB(F)F.[Li+]. The smallest absolute Gasteiger partial charge is 0.446 e. The summed E-state index contributed by atoms with van der Waals surface area (Å²) in [5, 5.41) is 0. The molecule has 1 aromatic rings. The summed E-state index contributed by atoms with van der Waals surface area (Å²) in [6.07, 6.45) is 3.44. The zero-order chi connectivity index (χ0) is 13.1. The Morgan fingerprint density at radius 2 is 1.41 bits per heavy atom. The molecule has 92 valence electrons. The van der Waals surface area contributed by atoms with Gasteiger partial charge in [0.15, 0.2) is 0 Å². The van der Waals surface area contributed by atoms with E-state index < -0.39 is 15.1 Å². The van der Waals surface area contributed by atoms with Gasteiger partial charge in [0, 0.05) is 0 Å². The zero-order valence-electron chi connectivity index (χ0n) is 9.55. The fraction of sp³-hybridized carbons (Fsp3) is 0.500. The quantitative estimate of drug-likeness (QED) is 0.516. The van der Waals surface area contributed by atoms with E-state index in [9.17, 15) is 25.9 Å². The zero-order valence-corrected chi connectivity index (χ0v) is 9.55. The van der Waals surface area contributed by atoms with Crippen molar-refractivity contribution in [3.05, 3.63) is 18.2 Å². The molecule has 0 N–H and O–H groups in total. The van der Waals surface area contributed by atoms with Gasteiger partial charge in [0.05, 0.1) is 0 Å². The molecule has 0 aliphatic heterocycles. The van der Waals surface area contributed by atoms with E-state index in [1.54, 1.807) is 12.4 Å². The molecule has 17 heavy (non-hydrogen) atoms. The largest absolute Gasteiger partial charge is 1.00 e. The van der Waals surface area contributed by atoms with Crippen molar-refractivity contribution in [3.8, 4) is 0 Å². The maximum absolute atomic E-state index is 9.67. The number of imidazole rings is 1. The van der Waals surface area contributed by atoms with Crippen LogP contribution in [-0.2, 0) is 0 Å². The number of halogens is 6. The van der Waals surface area contributed by atoms with Crippen LogP contribution >= 0.6 is 0 Å². The van der Waals surface area contributed by atoms with Gasteiger partial charge in [0.1, 0.15) is 0 Å². The summed E-state index contributed by atoms with van der Waals surface area (Å²) in [6, 6.07) is 0. The molecule has 1 rings (SSSR count).